The molecule has 1 aliphatic rings. The molecule has 24 heavy (non-hydrogen) atoms. The molecule has 8 heteroatoms. The first-order valence-electron chi connectivity index (χ1n) is 7.45. The molecule has 0 aliphatic carbocycles. The predicted molar refractivity (Wildman–Crippen MR) is 89.9 cm³/mol. The number of benzene rings is 1. The Morgan fingerprint density at radius 3 is 2.25 bits per heavy atom. The Morgan fingerprint density at radius 2 is 1.75 bits per heavy atom. The Bertz CT molecular complexity index is 604. The van der Waals surface area contributed by atoms with Crippen molar-refractivity contribution in [1.82, 2.24) is 4.90 Å². The molecule has 1 aromatic rings. The summed E-state index contributed by atoms with van der Waals surface area (Å²) in [5, 5.41) is 0.387. The monoisotopic (exact) mass is 375 g/mol. The number of nitrogens with zero attached hydrogens (tertiary/aromatic N) is 1. The van der Waals surface area contributed by atoms with Crippen LogP contribution in [-0.4, -0.2) is 55.8 Å². The van der Waals surface area contributed by atoms with Gasteiger partial charge in [0.05, 0.1) is 34.9 Å². The van der Waals surface area contributed by atoms with E-state index in [1.807, 2.05) is 13.8 Å². The molecule has 6 nitrogen and oxygen atoms in total. The van der Waals surface area contributed by atoms with Gasteiger partial charge >= 0.3 is 5.97 Å². The van der Waals surface area contributed by atoms with Crippen LogP contribution < -0.4 is 4.74 Å². The summed E-state index contributed by atoms with van der Waals surface area (Å²) in [5.74, 6) is -0.664. The zero-order valence-corrected chi connectivity index (χ0v) is 15.2. The van der Waals surface area contributed by atoms with Gasteiger partial charge in [0.2, 0.25) is 0 Å². The van der Waals surface area contributed by atoms with E-state index in [1.165, 1.54) is 19.2 Å². The molecule has 1 aromatic carbocycles. The minimum absolute atomic E-state index is 0.0485. The molecule has 0 spiro atoms. The van der Waals surface area contributed by atoms with Crippen LogP contribution in [0.4, 0.5) is 0 Å². The molecule has 1 aliphatic heterocycles. The molecule has 0 aromatic heterocycles. The van der Waals surface area contributed by atoms with Crippen LogP contribution in [0.15, 0.2) is 12.1 Å². The van der Waals surface area contributed by atoms with Crippen LogP contribution in [-0.2, 0) is 14.3 Å². The fourth-order valence-electron chi connectivity index (χ4n) is 2.56. The van der Waals surface area contributed by atoms with Crippen molar-refractivity contribution in [3.05, 3.63) is 27.7 Å². The zero-order chi connectivity index (χ0) is 17.9. The van der Waals surface area contributed by atoms with Crippen molar-refractivity contribution < 1.29 is 23.8 Å². The van der Waals surface area contributed by atoms with Crippen molar-refractivity contribution >= 4 is 35.1 Å². The van der Waals surface area contributed by atoms with E-state index in [2.05, 4.69) is 0 Å². The van der Waals surface area contributed by atoms with Gasteiger partial charge < -0.3 is 19.1 Å². The highest BCUT2D eigenvalue weighted by Gasteiger charge is 2.26. The Hall–Kier alpha value is -1.50. The quantitative estimate of drug-likeness (QED) is 0.757. The first kappa shape index (κ1) is 18.8. The summed E-state index contributed by atoms with van der Waals surface area (Å²) in [5.41, 5.74) is 0.155. The summed E-state index contributed by atoms with van der Waals surface area (Å²) in [6.07, 6.45) is -0.0970. The summed E-state index contributed by atoms with van der Waals surface area (Å²) in [4.78, 5) is 25.9. The molecule has 1 saturated heterocycles. The summed E-state index contributed by atoms with van der Waals surface area (Å²) in [6, 6.07) is 2.77. The van der Waals surface area contributed by atoms with Gasteiger partial charge in [-0.1, -0.05) is 23.2 Å². The van der Waals surface area contributed by atoms with Gasteiger partial charge in [-0.05, 0) is 26.0 Å². The number of carbonyl (C=O) groups is 2. The number of hydrogen-bond donors (Lipinski definition) is 0. The number of morpholine rings is 1. The van der Waals surface area contributed by atoms with Crippen molar-refractivity contribution in [2.45, 2.75) is 26.1 Å². The lowest BCUT2D eigenvalue weighted by Gasteiger charge is -2.35. The van der Waals surface area contributed by atoms with E-state index < -0.39 is 5.97 Å². The summed E-state index contributed by atoms with van der Waals surface area (Å²) >= 11 is 12.0. The Labute approximate surface area is 150 Å². The maximum absolute atomic E-state index is 12.2. The number of ether oxygens (including phenoxy) is 3. The first-order valence-corrected chi connectivity index (χ1v) is 8.20. The van der Waals surface area contributed by atoms with Crippen molar-refractivity contribution in [3.63, 3.8) is 0 Å². The molecule has 2 atom stereocenters. The predicted octanol–water partition coefficient (Wildman–Crippen LogP) is 2.79. The highest BCUT2D eigenvalue weighted by atomic mass is 35.5. The number of methoxy groups -OCH3 is 1. The third-order valence-electron chi connectivity index (χ3n) is 3.54. The number of hydrogen-bond acceptors (Lipinski definition) is 5. The van der Waals surface area contributed by atoms with Gasteiger partial charge in [-0.25, -0.2) is 4.79 Å². The second kappa shape index (κ2) is 8.05. The second-order valence-electron chi connectivity index (χ2n) is 5.61. The molecule has 0 bridgehead atoms. The molecule has 1 heterocycles. The Kier molecular flexibility index (Phi) is 6.32. The molecular formula is C16H19Cl2NO5. The number of rotatable bonds is 4. The molecule has 1 fully saturated rings. The minimum Gasteiger partial charge on any atom is -0.494 e. The molecule has 132 valence electrons. The largest absolute Gasteiger partial charge is 0.494 e. The van der Waals surface area contributed by atoms with E-state index in [0.29, 0.717) is 13.1 Å². The highest BCUT2D eigenvalue weighted by Crippen LogP contribution is 2.33. The van der Waals surface area contributed by atoms with Gasteiger partial charge in [0.25, 0.3) is 5.91 Å². The van der Waals surface area contributed by atoms with Crippen LogP contribution in [0.1, 0.15) is 24.2 Å². The minimum atomic E-state index is -0.677. The SMILES string of the molecule is COc1c(Cl)cc(C(=O)OCC(=O)N2C[C@H](C)O[C@@H](C)C2)cc1Cl. The van der Waals surface area contributed by atoms with Crippen LogP contribution in [0.25, 0.3) is 0 Å². The summed E-state index contributed by atoms with van der Waals surface area (Å²) in [7, 11) is 1.42. The summed E-state index contributed by atoms with van der Waals surface area (Å²) in [6.45, 7) is 4.38. The normalized spacial score (nSPS) is 20.6. The lowest BCUT2D eigenvalue weighted by Crippen LogP contribution is -2.49. The second-order valence-corrected chi connectivity index (χ2v) is 6.42. The lowest BCUT2D eigenvalue weighted by atomic mass is 10.2. The topological polar surface area (TPSA) is 65.1 Å². The van der Waals surface area contributed by atoms with Gasteiger partial charge in [-0.15, -0.1) is 0 Å². The average Bonchev–Trinajstić information content (AvgIpc) is 2.50. The van der Waals surface area contributed by atoms with Gasteiger partial charge in [0.15, 0.2) is 12.4 Å². The van der Waals surface area contributed by atoms with Gasteiger partial charge in [0, 0.05) is 13.1 Å². The van der Waals surface area contributed by atoms with Crippen LogP contribution in [0.2, 0.25) is 10.0 Å². The van der Waals surface area contributed by atoms with E-state index in [4.69, 9.17) is 37.4 Å². The summed E-state index contributed by atoms with van der Waals surface area (Å²) < 4.78 is 15.7. The molecule has 0 radical (unpaired) electrons. The maximum Gasteiger partial charge on any atom is 0.338 e. The van der Waals surface area contributed by atoms with Crippen LogP contribution in [0.5, 0.6) is 5.75 Å². The number of amides is 1. The third-order valence-corrected chi connectivity index (χ3v) is 4.10. The molecule has 0 saturated carbocycles. The molecule has 2 rings (SSSR count). The van der Waals surface area contributed by atoms with E-state index in [1.54, 1.807) is 4.90 Å². The molecule has 1 amide bonds. The lowest BCUT2D eigenvalue weighted by molar-refractivity contribution is -0.146. The van der Waals surface area contributed by atoms with E-state index in [-0.39, 0.29) is 46.1 Å². The fourth-order valence-corrected chi connectivity index (χ4v) is 3.20. The van der Waals surface area contributed by atoms with Crippen molar-refractivity contribution in [2.75, 3.05) is 26.8 Å². The molecular weight excluding hydrogens is 357 g/mol. The average molecular weight is 376 g/mol. The van der Waals surface area contributed by atoms with Crippen LogP contribution in [0, 0.1) is 0 Å². The number of esters is 1. The standard InChI is InChI=1S/C16H19Cl2NO5/c1-9-6-19(7-10(2)24-9)14(20)8-23-16(21)11-4-12(17)15(22-3)13(18)5-11/h4-5,9-10H,6-8H2,1-3H3/t9-,10-/m0/s1. The smallest absolute Gasteiger partial charge is 0.338 e. The van der Waals surface area contributed by atoms with Crippen LogP contribution >= 0.6 is 23.2 Å². The van der Waals surface area contributed by atoms with E-state index in [9.17, 15) is 9.59 Å². The van der Waals surface area contributed by atoms with Gasteiger partial charge in [-0.3, -0.25) is 4.79 Å². The number of halogens is 2. The van der Waals surface area contributed by atoms with E-state index >= 15 is 0 Å². The van der Waals surface area contributed by atoms with Crippen molar-refractivity contribution in [2.24, 2.45) is 0 Å². The highest BCUT2D eigenvalue weighted by molar-refractivity contribution is 6.37. The van der Waals surface area contributed by atoms with Crippen LogP contribution in [0.3, 0.4) is 0 Å². The zero-order valence-electron chi connectivity index (χ0n) is 13.7. The fraction of sp³-hybridized carbons (Fsp3) is 0.500. The van der Waals surface area contributed by atoms with Crippen molar-refractivity contribution in [3.8, 4) is 5.75 Å². The molecule has 0 N–H and O–H groups in total. The number of carbonyl (C=O) groups excluding carboxylic acids is 2. The Balaban J connectivity index is 1.97. The van der Waals surface area contributed by atoms with Gasteiger partial charge in [-0.2, -0.15) is 0 Å². The Morgan fingerprint density at radius 1 is 1.21 bits per heavy atom. The van der Waals surface area contributed by atoms with Crippen molar-refractivity contribution in [1.29, 1.82) is 0 Å². The van der Waals surface area contributed by atoms with Gasteiger partial charge in [0.1, 0.15) is 0 Å². The van der Waals surface area contributed by atoms with E-state index in [0.717, 1.165) is 0 Å². The maximum atomic E-state index is 12.2. The first-order chi connectivity index (χ1) is 11.3. The molecule has 0 unspecified atom stereocenters. The third kappa shape index (κ3) is 4.53.